The van der Waals surface area contributed by atoms with Crippen LogP contribution < -0.4 is 5.32 Å². The van der Waals surface area contributed by atoms with E-state index in [-0.39, 0.29) is 0 Å². The van der Waals surface area contributed by atoms with Gasteiger partial charge in [-0.25, -0.2) is 0 Å². The molecule has 1 unspecified atom stereocenters. The van der Waals surface area contributed by atoms with Crippen molar-refractivity contribution in [2.45, 2.75) is 13.0 Å². The van der Waals surface area contributed by atoms with Crippen molar-refractivity contribution in [2.24, 2.45) is 0 Å². The molecule has 1 aromatic rings. The third-order valence-electron chi connectivity index (χ3n) is 2.25. The second kappa shape index (κ2) is 7.78. The Bertz CT molecular complexity index is 342. The summed E-state index contributed by atoms with van der Waals surface area (Å²) in [5.74, 6) is 4.48. The van der Waals surface area contributed by atoms with Crippen LogP contribution in [0.2, 0.25) is 0 Å². The Balaban J connectivity index is 2.27. The van der Waals surface area contributed by atoms with Gasteiger partial charge in [0.2, 0.25) is 0 Å². The van der Waals surface area contributed by atoms with Crippen molar-refractivity contribution in [3.8, 4) is 12.3 Å². The fourth-order valence-electron chi connectivity index (χ4n) is 1.35. The Morgan fingerprint density at radius 2 is 2.12 bits per heavy atom. The minimum atomic E-state index is 0.388. The van der Waals surface area contributed by atoms with Crippen LogP contribution in [0.1, 0.15) is 18.5 Å². The van der Waals surface area contributed by atoms with Crippen LogP contribution in [-0.4, -0.2) is 18.1 Å². The predicted molar refractivity (Wildman–Crippen MR) is 76.7 cm³/mol. The zero-order chi connectivity index (χ0) is 11.8. The lowest BCUT2D eigenvalue weighted by atomic mass is 10.1. The van der Waals surface area contributed by atoms with E-state index in [9.17, 15) is 0 Å². The van der Waals surface area contributed by atoms with Gasteiger partial charge in [0.1, 0.15) is 0 Å². The van der Waals surface area contributed by atoms with Gasteiger partial charge >= 0.3 is 0 Å². The van der Waals surface area contributed by atoms with E-state index in [1.807, 2.05) is 0 Å². The minimum Gasteiger partial charge on any atom is -0.309 e. The molecule has 0 radical (unpaired) electrons. The summed E-state index contributed by atoms with van der Waals surface area (Å²) in [6.45, 7) is 3.17. The number of hydrogen-bond donors (Lipinski definition) is 1. The van der Waals surface area contributed by atoms with E-state index in [4.69, 9.17) is 6.42 Å². The van der Waals surface area contributed by atoms with Gasteiger partial charge in [-0.3, -0.25) is 0 Å². The molecule has 0 saturated carbocycles. The highest BCUT2D eigenvalue weighted by Crippen LogP contribution is 2.16. The summed E-state index contributed by atoms with van der Waals surface area (Å²) in [6.07, 6.45) is 5.18. The molecule has 0 aliphatic carbocycles. The Labute approximate surface area is 111 Å². The van der Waals surface area contributed by atoms with Crippen molar-refractivity contribution in [1.29, 1.82) is 0 Å². The molecule has 3 heteroatoms. The molecule has 0 heterocycles. The summed E-state index contributed by atoms with van der Waals surface area (Å²) >= 11 is 5.22. The number of hydrogen-bond acceptors (Lipinski definition) is 2. The van der Waals surface area contributed by atoms with Crippen molar-refractivity contribution < 1.29 is 0 Å². The summed E-state index contributed by atoms with van der Waals surface area (Å²) in [4.78, 5) is 0. The fourth-order valence-corrected chi connectivity index (χ4v) is 2.14. The van der Waals surface area contributed by atoms with Crippen LogP contribution in [-0.2, 0) is 0 Å². The van der Waals surface area contributed by atoms with Crippen molar-refractivity contribution in [3.63, 3.8) is 0 Å². The molecule has 0 amide bonds. The van der Waals surface area contributed by atoms with Gasteiger partial charge in [0.05, 0.1) is 5.75 Å². The molecule has 0 spiro atoms. The normalized spacial score (nSPS) is 12.1. The van der Waals surface area contributed by atoms with Gasteiger partial charge < -0.3 is 5.32 Å². The third-order valence-corrected chi connectivity index (χ3v) is 3.64. The van der Waals surface area contributed by atoms with Crippen LogP contribution in [0.25, 0.3) is 0 Å². The maximum absolute atomic E-state index is 5.18. The van der Waals surface area contributed by atoms with Crippen molar-refractivity contribution in [3.05, 3.63) is 34.3 Å². The highest BCUT2D eigenvalue weighted by molar-refractivity contribution is 9.10. The smallest absolute Gasteiger partial charge is 0.0545 e. The van der Waals surface area contributed by atoms with Crippen LogP contribution in [0.4, 0.5) is 0 Å². The van der Waals surface area contributed by atoms with E-state index in [0.29, 0.717) is 6.04 Å². The SMILES string of the molecule is C#CCSCCNC(C)c1ccc(Br)cc1. The number of nitrogens with one attached hydrogen (secondary N) is 1. The van der Waals surface area contributed by atoms with Crippen LogP contribution >= 0.6 is 27.7 Å². The first-order chi connectivity index (χ1) is 7.74. The van der Waals surface area contributed by atoms with Crippen molar-refractivity contribution in [2.75, 3.05) is 18.1 Å². The monoisotopic (exact) mass is 297 g/mol. The Morgan fingerprint density at radius 3 is 2.75 bits per heavy atom. The van der Waals surface area contributed by atoms with Crippen LogP contribution in [0, 0.1) is 12.3 Å². The second-order valence-electron chi connectivity index (χ2n) is 3.48. The molecule has 0 saturated heterocycles. The Hall–Kier alpha value is -0.430. The molecule has 0 bridgehead atoms. The first-order valence-electron chi connectivity index (χ1n) is 5.24. The third kappa shape index (κ3) is 5.07. The standard InChI is InChI=1S/C13H16BrNS/c1-3-9-16-10-8-15-11(2)12-4-6-13(14)7-5-12/h1,4-7,11,15H,8-10H2,2H3. The molecule has 1 atom stereocenters. The lowest BCUT2D eigenvalue weighted by molar-refractivity contribution is 0.601. The number of halogens is 1. The molecule has 16 heavy (non-hydrogen) atoms. The first-order valence-corrected chi connectivity index (χ1v) is 7.19. The largest absolute Gasteiger partial charge is 0.309 e. The molecule has 0 aliphatic heterocycles. The van der Waals surface area contributed by atoms with Crippen molar-refractivity contribution >= 4 is 27.7 Å². The lowest BCUT2D eigenvalue weighted by Crippen LogP contribution is -2.21. The average molecular weight is 298 g/mol. The molecule has 86 valence electrons. The predicted octanol–water partition coefficient (Wildman–Crippen LogP) is 3.47. The Kier molecular flexibility index (Phi) is 6.63. The summed E-state index contributed by atoms with van der Waals surface area (Å²) in [5.41, 5.74) is 1.31. The summed E-state index contributed by atoms with van der Waals surface area (Å²) in [7, 11) is 0. The van der Waals surface area contributed by atoms with Gasteiger partial charge in [0.25, 0.3) is 0 Å². The van der Waals surface area contributed by atoms with E-state index >= 15 is 0 Å². The highest BCUT2D eigenvalue weighted by atomic mass is 79.9. The number of benzene rings is 1. The Morgan fingerprint density at radius 1 is 1.44 bits per heavy atom. The summed E-state index contributed by atoms with van der Waals surface area (Å²) < 4.78 is 1.12. The zero-order valence-electron chi connectivity index (χ0n) is 9.37. The van der Waals surface area contributed by atoms with Gasteiger partial charge in [0, 0.05) is 22.8 Å². The van der Waals surface area contributed by atoms with E-state index in [1.54, 1.807) is 11.8 Å². The van der Waals surface area contributed by atoms with Crippen LogP contribution in [0.3, 0.4) is 0 Å². The van der Waals surface area contributed by atoms with E-state index in [2.05, 4.69) is 58.4 Å². The highest BCUT2D eigenvalue weighted by Gasteiger charge is 2.03. The van der Waals surface area contributed by atoms with E-state index in [1.165, 1.54) is 5.56 Å². The van der Waals surface area contributed by atoms with Gasteiger partial charge in [0.15, 0.2) is 0 Å². The quantitative estimate of drug-likeness (QED) is 0.637. The molecule has 1 N–H and O–H groups in total. The molecule has 1 rings (SSSR count). The van der Waals surface area contributed by atoms with E-state index in [0.717, 1.165) is 22.5 Å². The van der Waals surface area contributed by atoms with Crippen LogP contribution in [0.15, 0.2) is 28.7 Å². The minimum absolute atomic E-state index is 0.388. The molecule has 1 nitrogen and oxygen atoms in total. The fraction of sp³-hybridized carbons (Fsp3) is 0.385. The van der Waals surface area contributed by atoms with E-state index < -0.39 is 0 Å². The van der Waals surface area contributed by atoms with Gasteiger partial charge in [-0.15, -0.1) is 18.2 Å². The number of thioether (sulfide) groups is 1. The van der Waals surface area contributed by atoms with Gasteiger partial charge in [-0.2, -0.15) is 0 Å². The van der Waals surface area contributed by atoms with Gasteiger partial charge in [-0.05, 0) is 24.6 Å². The molecular weight excluding hydrogens is 282 g/mol. The lowest BCUT2D eigenvalue weighted by Gasteiger charge is -2.13. The summed E-state index contributed by atoms with van der Waals surface area (Å²) in [6, 6.07) is 8.80. The maximum Gasteiger partial charge on any atom is 0.0545 e. The molecule has 0 aromatic heterocycles. The average Bonchev–Trinajstić information content (AvgIpc) is 2.29. The van der Waals surface area contributed by atoms with Crippen molar-refractivity contribution in [1.82, 2.24) is 5.32 Å². The summed E-state index contributed by atoms with van der Waals surface area (Å²) in [5, 5.41) is 3.47. The van der Waals surface area contributed by atoms with Crippen LogP contribution in [0.5, 0.6) is 0 Å². The number of rotatable bonds is 6. The number of terminal acetylenes is 1. The first kappa shape index (κ1) is 13.6. The molecular formula is C13H16BrNS. The zero-order valence-corrected chi connectivity index (χ0v) is 11.8. The second-order valence-corrected chi connectivity index (χ2v) is 5.50. The molecule has 0 aliphatic rings. The van der Waals surface area contributed by atoms with Gasteiger partial charge in [-0.1, -0.05) is 34.0 Å². The molecule has 0 fully saturated rings. The topological polar surface area (TPSA) is 12.0 Å². The maximum atomic E-state index is 5.18. The molecule has 1 aromatic carbocycles.